The highest BCUT2D eigenvalue weighted by atomic mass is 32.1. The second-order valence-corrected chi connectivity index (χ2v) is 4.83. The van der Waals surface area contributed by atoms with Gasteiger partial charge in [-0.2, -0.15) is 0 Å². The molecule has 0 radical (unpaired) electrons. The summed E-state index contributed by atoms with van der Waals surface area (Å²) in [4.78, 5) is 6.70. The zero-order chi connectivity index (χ0) is 11.1. The van der Waals surface area contributed by atoms with Crippen molar-refractivity contribution in [3.63, 3.8) is 0 Å². The maximum absolute atomic E-state index is 5.39. The minimum atomic E-state index is -0.264. The van der Waals surface area contributed by atoms with Crippen molar-refractivity contribution in [3.8, 4) is 0 Å². The molecule has 0 N–H and O–H groups in total. The lowest BCUT2D eigenvalue weighted by atomic mass is 10.2. The Morgan fingerprint density at radius 2 is 2.25 bits per heavy atom. The van der Waals surface area contributed by atoms with Crippen LogP contribution in [0.4, 0.5) is 5.13 Å². The van der Waals surface area contributed by atoms with E-state index in [-0.39, 0.29) is 12.6 Å². The molecule has 0 atom stereocenters. The van der Waals surface area contributed by atoms with Crippen LogP contribution in [0.15, 0.2) is 5.38 Å². The standard InChI is InChI=1S/C10H14N2O3S/c1-6-14-9(15-6)8-5-16-10(11-8)12-3-7(4-12)13-2/h5-7,9H,3-4H2,1-2H3. The fourth-order valence-electron chi connectivity index (χ4n) is 1.77. The van der Waals surface area contributed by atoms with Gasteiger partial charge in [0.25, 0.3) is 0 Å². The highest BCUT2D eigenvalue weighted by Crippen LogP contribution is 2.35. The van der Waals surface area contributed by atoms with Gasteiger partial charge in [-0.05, 0) is 6.92 Å². The van der Waals surface area contributed by atoms with E-state index in [2.05, 4.69) is 9.88 Å². The summed E-state index contributed by atoms with van der Waals surface area (Å²) >= 11 is 1.62. The zero-order valence-corrected chi connectivity index (χ0v) is 10.1. The molecular weight excluding hydrogens is 228 g/mol. The van der Waals surface area contributed by atoms with Gasteiger partial charge in [0, 0.05) is 25.6 Å². The number of hydrogen-bond acceptors (Lipinski definition) is 6. The number of nitrogens with zero attached hydrogens (tertiary/aromatic N) is 2. The van der Waals surface area contributed by atoms with Crippen molar-refractivity contribution in [2.24, 2.45) is 0 Å². The molecule has 2 fully saturated rings. The number of rotatable bonds is 3. The first-order chi connectivity index (χ1) is 7.76. The van der Waals surface area contributed by atoms with Gasteiger partial charge in [-0.3, -0.25) is 0 Å². The molecule has 3 heterocycles. The van der Waals surface area contributed by atoms with Crippen LogP contribution in [0.2, 0.25) is 0 Å². The molecule has 88 valence electrons. The zero-order valence-electron chi connectivity index (χ0n) is 9.25. The van der Waals surface area contributed by atoms with Crippen molar-refractivity contribution in [2.75, 3.05) is 25.1 Å². The van der Waals surface area contributed by atoms with Gasteiger partial charge in [-0.1, -0.05) is 0 Å². The van der Waals surface area contributed by atoms with Crippen molar-refractivity contribution in [2.45, 2.75) is 25.6 Å². The summed E-state index contributed by atoms with van der Waals surface area (Å²) in [6, 6.07) is 0. The van der Waals surface area contributed by atoms with Crippen molar-refractivity contribution >= 4 is 16.5 Å². The Morgan fingerprint density at radius 1 is 1.50 bits per heavy atom. The lowest BCUT2D eigenvalue weighted by molar-refractivity contribution is -0.383. The fraction of sp³-hybridized carbons (Fsp3) is 0.700. The van der Waals surface area contributed by atoms with Crippen molar-refractivity contribution < 1.29 is 14.2 Å². The minimum absolute atomic E-state index is 0.1000. The first-order valence-corrected chi connectivity index (χ1v) is 6.18. The van der Waals surface area contributed by atoms with E-state index in [1.54, 1.807) is 18.4 Å². The predicted molar refractivity (Wildman–Crippen MR) is 59.5 cm³/mol. The summed E-state index contributed by atoms with van der Waals surface area (Å²) in [6.07, 6.45) is -0.0138. The Labute approximate surface area is 97.9 Å². The van der Waals surface area contributed by atoms with E-state index >= 15 is 0 Å². The molecule has 0 spiro atoms. The third-order valence-electron chi connectivity index (χ3n) is 2.83. The van der Waals surface area contributed by atoms with E-state index in [0.717, 1.165) is 23.9 Å². The monoisotopic (exact) mass is 242 g/mol. The summed E-state index contributed by atoms with van der Waals surface area (Å²) in [7, 11) is 1.74. The van der Waals surface area contributed by atoms with E-state index in [9.17, 15) is 0 Å². The molecule has 2 aliphatic rings. The number of methoxy groups -OCH3 is 1. The van der Waals surface area contributed by atoms with Crippen LogP contribution in [0.5, 0.6) is 0 Å². The number of anilines is 1. The van der Waals surface area contributed by atoms with Gasteiger partial charge in [0.15, 0.2) is 11.4 Å². The van der Waals surface area contributed by atoms with Crippen LogP contribution in [0, 0.1) is 0 Å². The Morgan fingerprint density at radius 3 is 2.88 bits per heavy atom. The smallest absolute Gasteiger partial charge is 0.207 e. The number of hydrogen-bond donors (Lipinski definition) is 0. The molecule has 0 aliphatic carbocycles. The van der Waals surface area contributed by atoms with Gasteiger partial charge in [-0.15, -0.1) is 11.3 Å². The normalized spacial score (nSPS) is 30.0. The molecule has 16 heavy (non-hydrogen) atoms. The molecule has 0 amide bonds. The van der Waals surface area contributed by atoms with Crippen LogP contribution in [0.25, 0.3) is 0 Å². The summed E-state index contributed by atoms with van der Waals surface area (Å²) in [5.74, 6) is 0. The average Bonchev–Trinajstić information content (AvgIpc) is 2.60. The molecule has 0 saturated carbocycles. The molecule has 1 aromatic rings. The molecule has 0 bridgehead atoms. The number of ether oxygens (including phenoxy) is 3. The van der Waals surface area contributed by atoms with Crippen molar-refractivity contribution in [1.82, 2.24) is 4.98 Å². The van der Waals surface area contributed by atoms with Gasteiger partial charge in [0.2, 0.25) is 6.29 Å². The first kappa shape index (κ1) is 10.5. The van der Waals surface area contributed by atoms with Crippen molar-refractivity contribution in [1.29, 1.82) is 0 Å². The van der Waals surface area contributed by atoms with Gasteiger partial charge in [0.05, 0.1) is 6.10 Å². The fourth-order valence-corrected chi connectivity index (χ4v) is 2.62. The second kappa shape index (κ2) is 3.96. The molecule has 3 rings (SSSR count). The van der Waals surface area contributed by atoms with Crippen LogP contribution >= 0.6 is 11.3 Å². The number of thiazole rings is 1. The van der Waals surface area contributed by atoms with E-state index in [1.807, 2.05) is 12.3 Å². The molecule has 2 saturated heterocycles. The third kappa shape index (κ3) is 1.71. The minimum Gasteiger partial charge on any atom is -0.378 e. The summed E-state index contributed by atoms with van der Waals surface area (Å²) < 4.78 is 16.0. The van der Waals surface area contributed by atoms with Gasteiger partial charge in [0.1, 0.15) is 5.69 Å². The summed E-state index contributed by atoms with van der Waals surface area (Å²) in [5, 5.41) is 3.02. The van der Waals surface area contributed by atoms with Crippen LogP contribution in [-0.2, 0) is 14.2 Å². The topological polar surface area (TPSA) is 43.8 Å². The van der Waals surface area contributed by atoms with Gasteiger partial charge < -0.3 is 19.1 Å². The molecule has 6 heteroatoms. The average molecular weight is 242 g/mol. The van der Waals surface area contributed by atoms with E-state index in [4.69, 9.17) is 14.2 Å². The van der Waals surface area contributed by atoms with E-state index in [0.29, 0.717) is 6.10 Å². The molecule has 0 unspecified atom stereocenters. The Balaban J connectivity index is 1.61. The molecule has 1 aromatic heterocycles. The molecule has 5 nitrogen and oxygen atoms in total. The van der Waals surface area contributed by atoms with Crippen LogP contribution in [0.1, 0.15) is 18.9 Å². The lowest BCUT2D eigenvalue weighted by Gasteiger charge is -2.38. The largest absolute Gasteiger partial charge is 0.378 e. The van der Waals surface area contributed by atoms with Gasteiger partial charge >= 0.3 is 0 Å². The number of aromatic nitrogens is 1. The Kier molecular flexibility index (Phi) is 2.59. The third-order valence-corrected chi connectivity index (χ3v) is 3.75. The highest BCUT2D eigenvalue weighted by molar-refractivity contribution is 7.13. The second-order valence-electron chi connectivity index (χ2n) is 3.99. The quantitative estimate of drug-likeness (QED) is 0.801. The highest BCUT2D eigenvalue weighted by Gasteiger charge is 2.33. The molecular formula is C10H14N2O3S. The lowest BCUT2D eigenvalue weighted by Crippen LogP contribution is -2.51. The molecule has 2 aliphatic heterocycles. The predicted octanol–water partition coefficient (Wildman–Crippen LogP) is 1.37. The van der Waals surface area contributed by atoms with E-state index < -0.39 is 0 Å². The van der Waals surface area contributed by atoms with Crippen molar-refractivity contribution in [3.05, 3.63) is 11.1 Å². The summed E-state index contributed by atoms with van der Waals surface area (Å²) in [6.45, 7) is 3.72. The maximum Gasteiger partial charge on any atom is 0.207 e. The Bertz CT molecular complexity index is 372. The maximum atomic E-state index is 5.39. The molecule has 0 aromatic carbocycles. The van der Waals surface area contributed by atoms with Gasteiger partial charge in [-0.25, -0.2) is 4.98 Å². The van der Waals surface area contributed by atoms with E-state index in [1.165, 1.54) is 0 Å². The summed E-state index contributed by atoms with van der Waals surface area (Å²) in [5.41, 5.74) is 0.874. The van der Waals surface area contributed by atoms with Crippen LogP contribution in [0.3, 0.4) is 0 Å². The Hall–Kier alpha value is -0.690. The first-order valence-electron chi connectivity index (χ1n) is 5.30. The van der Waals surface area contributed by atoms with Crippen LogP contribution < -0.4 is 4.90 Å². The van der Waals surface area contributed by atoms with Crippen LogP contribution in [-0.4, -0.2) is 37.6 Å². The SMILES string of the molecule is COC1CN(c2nc(C3OC(C)O3)cs2)C1.